The Morgan fingerprint density at radius 2 is 2.06 bits per heavy atom. The van der Waals surface area contributed by atoms with Gasteiger partial charge in [-0.15, -0.1) is 0 Å². The number of amides is 2. The summed E-state index contributed by atoms with van der Waals surface area (Å²) in [6.45, 7) is 2.52. The van der Waals surface area contributed by atoms with Crippen LogP contribution in [0.3, 0.4) is 0 Å². The molecular weight excluding hydrogens is 481 g/mol. The SMILES string of the molecule is CNC[C@H](C[C@H]1CC[C@H](F)CC1)NC(=O)N1CCC[C@@H]([C@@](O)(CCCCOC)c2cccc(Cl)c2)C1. The Morgan fingerprint density at radius 1 is 1.28 bits per heavy atom. The average molecular weight is 526 g/mol. The molecule has 1 saturated carbocycles. The smallest absolute Gasteiger partial charge is 0.317 e. The van der Waals surface area contributed by atoms with Crippen LogP contribution in [-0.2, 0) is 10.3 Å². The molecule has 0 radical (unpaired) electrons. The highest BCUT2D eigenvalue weighted by molar-refractivity contribution is 6.30. The molecule has 2 fully saturated rings. The molecule has 6 nitrogen and oxygen atoms in total. The summed E-state index contributed by atoms with van der Waals surface area (Å²) in [5, 5.41) is 19.1. The van der Waals surface area contributed by atoms with Crippen molar-refractivity contribution in [2.75, 3.05) is 40.4 Å². The van der Waals surface area contributed by atoms with Crippen molar-refractivity contribution in [1.82, 2.24) is 15.5 Å². The molecule has 1 aliphatic carbocycles. The summed E-state index contributed by atoms with van der Waals surface area (Å²) in [7, 11) is 3.58. The Morgan fingerprint density at radius 3 is 2.75 bits per heavy atom. The van der Waals surface area contributed by atoms with Gasteiger partial charge >= 0.3 is 6.03 Å². The van der Waals surface area contributed by atoms with E-state index in [1.807, 2.05) is 36.2 Å². The number of piperidine rings is 1. The van der Waals surface area contributed by atoms with E-state index in [-0.39, 0.29) is 18.0 Å². The molecule has 2 aliphatic rings. The molecule has 3 atom stereocenters. The molecule has 204 valence electrons. The maximum absolute atomic E-state index is 13.6. The number of hydrogen-bond acceptors (Lipinski definition) is 4. The molecule has 0 unspecified atom stereocenters. The molecule has 0 aromatic heterocycles. The molecule has 0 bridgehead atoms. The molecule has 1 saturated heterocycles. The summed E-state index contributed by atoms with van der Waals surface area (Å²) < 4.78 is 18.8. The average Bonchev–Trinajstić information content (AvgIpc) is 2.88. The minimum Gasteiger partial charge on any atom is -0.385 e. The Kier molecular flexibility index (Phi) is 11.7. The van der Waals surface area contributed by atoms with Crippen LogP contribution in [0.5, 0.6) is 0 Å². The summed E-state index contributed by atoms with van der Waals surface area (Å²) in [5.74, 6) is 0.366. The predicted molar refractivity (Wildman–Crippen MR) is 143 cm³/mol. The zero-order valence-electron chi connectivity index (χ0n) is 22.0. The number of hydrogen-bond donors (Lipinski definition) is 3. The number of methoxy groups -OCH3 is 1. The summed E-state index contributed by atoms with van der Waals surface area (Å²) >= 11 is 6.30. The van der Waals surface area contributed by atoms with Gasteiger partial charge in [0.25, 0.3) is 0 Å². The maximum atomic E-state index is 13.6. The fourth-order valence-electron chi connectivity index (χ4n) is 6.00. The highest BCUT2D eigenvalue weighted by Gasteiger charge is 2.41. The van der Waals surface area contributed by atoms with Gasteiger partial charge < -0.3 is 25.4 Å². The minimum atomic E-state index is -1.06. The first-order chi connectivity index (χ1) is 17.4. The van der Waals surface area contributed by atoms with Crippen LogP contribution < -0.4 is 10.6 Å². The van der Waals surface area contributed by atoms with Crippen LogP contribution in [0.15, 0.2) is 24.3 Å². The number of rotatable bonds is 12. The second kappa shape index (κ2) is 14.5. The van der Waals surface area contributed by atoms with E-state index in [4.69, 9.17) is 16.3 Å². The number of alkyl halides is 1. The molecule has 3 N–H and O–H groups in total. The molecule has 1 aromatic rings. The number of halogens is 2. The van der Waals surface area contributed by atoms with E-state index < -0.39 is 11.8 Å². The lowest BCUT2D eigenvalue weighted by Crippen LogP contribution is -2.54. The lowest BCUT2D eigenvalue weighted by atomic mass is 9.74. The van der Waals surface area contributed by atoms with E-state index in [0.717, 1.165) is 50.5 Å². The molecular formula is C28H45ClFN3O3. The Balaban J connectivity index is 1.66. The fraction of sp³-hybridized carbons (Fsp3) is 0.750. The van der Waals surface area contributed by atoms with Crippen molar-refractivity contribution in [3.05, 3.63) is 34.9 Å². The van der Waals surface area contributed by atoms with Crippen molar-refractivity contribution in [3.63, 3.8) is 0 Å². The Hall–Kier alpha value is -1.41. The zero-order valence-corrected chi connectivity index (χ0v) is 22.7. The summed E-state index contributed by atoms with van der Waals surface area (Å²) in [4.78, 5) is 15.2. The standard InChI is InChI=1S/C28H45ClFN3O3/c1-31-19-26(17-21-10-12-25(30)13-11-21)32-27(34)33-15-6-8-23(20-33)28(35,14-3-4-16-36-2)22-7-5-9-24(29)18-22/h5,7,9,18,21,23,25-26,31,35H,3-4,6,8,10-17,19-20H2,1-2H3,(H,32,34)/t21-,23-,25-,26+,28-/m1/s1. The number of urea groups is 1. The van der Waals surface area contributed by atoms with Crippen molar-refractivity contribution in [2.45, 2.75) is 82.0 Å². The van der Waals surface area contributed by atoms with Crippen LogP contribution in [0.1, 0.15) is 69.8 Å². The van der Waals surface area contributed by atoms with Gasteiger partial charge in [0.2, 0.25) is 0 Å². The number of likely N-dealkylation sites (tertiary alicyclic amines) is 1. The first-order valence-corrected chi connectivity index (χ1v) is 14.0. The number of aliphatic hydroxyl groups is 1. The van der Waals surface area contributed by atoms with Gasteiger partial charge in [-0.25, -0.2) is 9.18 Å². The zero-order chi connectivity index (χ0) is 26.0. The molecule has 36 heavy (non-hydrogen) atoms. The van der Waals surface area contributed by atoms with Gasteiger partial charge in [-0.05, 0) is 94.9 Å². The normalized spacial score (nSPS) is 25.2. The second-order valence-electron chi connectivity index (χ2n) is 10.7. The molecule has 1 heterocycles. The number of likely N-dealkylation sites (N-methyl/N-ethyl adjacent to an activating group) is 1. The topological polar surface area (TPSA) is 73.8 Å². The molecule has 1 aliphatic heterocycles. The van der Waals surface area contributed by atoms with Crippen molar-refractivity contribution >= 4 is 17.6 Å². The monoisotopic (exact) mass is 525 g/mol. The van der Waals surface area contributed by atoms with Gasteiger partial charge in [0.15, 0.2) is 0 Å². The highest BCUT2D eigenvalue weighted by Crippen LogP contribution is 2.40. The van der Waals surface area contributed by atoms with E-state index in [1.54, 1.807) is 7.11 Å². The molecule has 0 spiro atoms. The maximum Gasteiger partial charge on any atom is 0.317 e. The number of carbonyl (C=O) groups is 1. The Labute approximate surface area is 221 Å². The van der Waals surface area contributed by atoms with Gasteiger partial charge in [-0.1, -0.05) is 23.7 Å². The molecule has 2 amide bonds. The van der Waals surface area contributed by atoms with E-state index in [9.17, 15) is 14.3 Å². The van der Waals surface area contributed by atoms with Crippen LogP contribution in [0, 0.1) is 11.8 Å². The van der Waals surface area contributed by atoms with Gasteiger partial charge in [-0.2, -0.15) is 0 Å². The summed E-state index contributed by atoms with van der Waals surface area (Å²) in [5.41, 5.74) is -0.247. The van der Waals surface area contributed by atoms with E-state index in [1.165, 1.54) is 0 Å². The molecule has 3 rings (SSSR count). The van der Waals surface area contributed by atoms with Gasteiger partial charge in [0.1, 0.15) is 6.17 Å². The third-order valence-corrected chi connectivity index (χ3v) is 8.27. The predicted octanol–water partition coefficient (Wildman–Crippen LogP) is 5.27. The second-order valence-corrected chi connectivity index (χ2v) is 11.2. The fourth-order valence-corrected chi connectivity index (χ4v) is 6.19. The minimum absolute atomic E-state index is 0.00453. The first kappa shape index (κ1) is 29.2. The van der Waals surface area contributed by atoms with Crippen LogP contribution in [-0.4, -0.2) is 68.6 Å². The van der Waals surface area contributed by atoms with Crippen LogP contribution in [0.4, 0.5) is 9.18 Å². The van der Waals surface area contributed by atoms with E-state index in [2.05, 4.69) is 10.6 Å². The van der Waals surface area contributed by atoms with Gasteiger partial charge in [-0.3, -0.25) is 0 Å². The Bertz CT molecular complexity index is 808. The number of unbranched alkanes of at least 4 members (excludes halogenated alkanes) is 1. The van der Waals surface area contributed by atoms with Gasteiger partial charge in [0, 0.05) is 50.3 Å². The summed E-state index contributed by atoms with van der Waals surface area (Å²) in [6.07, 6.45) is 7.21. The lowest BCUT2D eigenvalue weighted by Gasteiger charge is -2.43. The third-order valence-electron chi connectivity index (χ3n) is 8.04. The van der Waals surface area contributed by atoms with Crippen LogP contribution in [0.25, 0.3) is 0 Å². The number of nitrogens with one attached hydrogen (secondary N) is 2. The van der Waals surface area contributed by atoms with Crippen LogP contribution in [0.2, 0.25) is 5.02 Å². The van der Waals surface area contributed by atoms with Crippen molar-refractivity contribution in [3.8, 4) is 0 Å². The lowest BCUT2D eigenvalue weighted by molar-refractivity contribution is -0.0564. The molecule has 8 heteroatoms. The van der Waals surface area contributed by atoms with E-state index >= 15 is 0 Å². The number of nitrogens with zero attached hydrogens (tertiary/aromatic N) is 1. The van der Waals surface area contributed by atoms with Crippen molar-refractivity contribution < 1.29 is 19.0 Å². The van der Waals surface area contributed by atoms with Crippen molar-refractivity contribution in [1.29, 1.82) is 0 Å². The molecule has 1 aromatic carbocycles. The third kappa shape index (κ3) is 8.30. The first-order valence-electron chi connectivity index (χ1n) is 13.7. The number of carbonyl (C=O) groups excluding carboxylic acids is 1. The van der Waals surface area contributed by atoms with E-state index in [0.29, 0.717) is 56.4 Å². The van der Waals surface area contributed by atoms with Gasteiger partial charge in [0.05, 0.1) is 5.60 Å². The van der Waals surface area contributed by atoms with Crippen molar-refractivity contribution in [2.24, 2.45) is 11.8 Å². The number of benzene rings is 1. The number of ether oxygens (including phenoxy) is 1. The van der Waals surface area contributed by atoms with Crippen LogP contribution >= 0.6 is 11.6 Å². The summed E-state index contributed by atoms with van der Waals surface area (Å²) in [6, 6.07) is 7.42. The quantitative estimate of drug-likeness (QED) is 0.325. The largest absolute Gasteiger partial charge is 0.385 e. The highest BCUT2D eigenvalue weighted by atomic mass is 35.5.